The average Bonchev–Trinajstić information content (AvgIpc) is 2.96. The Morgan fingerprint density at radius 1 is 1.40 bits per heavy atom. The van der Waals surface area contributed by atoms with Crippen LogP contribution in [-0.2, 0) is 14.8 Å². The topological polar surface area (TPSA) is 117 Å². The summed E-state index contributed by atoms with van der Waals surface area (Å²) in [4.78, 5) is 22.8. The lowest BCUT2D eigenvalue weighted by Gasteiger charge is -2.10. The van der Waals surface area contributed by atoms with Gasteiger partial charge in [0.15, 0.2) is 0 Å². The highest BCUT2D eigenvalue weighted by atomic mass is 32.2. The molecule has 1 aromatic rings. The number of amides is 1. The molecule has 2 N–H and O–H groups in total. The van der Waals surface area contributed by atoms with Gasteiger partial charge in [-0.25, -0.2) is 17.5 Å². The monoisotopic (exact) mass is 302 g/mol. The number of hydrogen-bond donors (Lipinski definition) is 2. The first kappa shape index (κ1) is 14.5. The lowest BCUT2D eigenvalue weighted by molar-refractivity contribution is -0.140. The van der Waals surface area contributed by atoms with Crippen molar-refractivity contribution in [3.05, 3.63) is 17.9 Å². The van der Waals surface area contributed by atoms with Gasteiger partial charge in [0, 0.05) is 20.2 Å². The van der Waals surface area contributed by atoms with Crippen molar-refractivity contribution in [1.82, 2.24) is 9.62 Å². The summed E-state index contributed by atoms with van der Waals surface area (Å²) in [6.07, 6.45) is 1.70. The molecule has 110 valence electrons. The van der Waals surface area contributed by atoms with E-state index in [9.17, 15) is 18.0 Å². The summed E-state index contributed by atoms with van der Waals surface area (Å²) in [6.45, 7) is 0. The molecule has 1 saturated carbocycles. The Morgan fingerprint density at radius 3 is 2.45 bits per heavy atom. The Hall–Kier alpha value is -1.87. The van der Waals surface area contributed by atoms with Crippen molar-refractivity contribution in [3.63, 3.8) is 0 Å². The Morgan fingerprint density at radius 2 is 2.00 bits per heavy atom. The molecule has 1 aromatic heterocycles. The van der Waals surface area contributed by atoms with Gasteiger partial charge in [-0.15, -0.1) is 0 Å². The summed E-state index contributed by atoms with van der Waals surface area (Å²) in [5, 5.41) is 11.0. The zero-order valence-corrected chi connectivity index (χ0v) is 11.7. The summed E-state index contributed by atoms with van der Waals surface area (Å²) in [6, 6.07) is 1.07. The van der Waals surface area contributed by atoms with Crippen LogP contribution in [0.15, 0.2) is 21.8 Å². The quantitative estimate of drug-likeness (QED) is 0.783. The molecule has 20 heavy (non-hydrogen) atoms. The fourth-order valence-electron chi connectivity index (χ4n) is 1.56. The zero-order chi connectivity index (χ0) is 15.1. The van der Waals surface area contributed by atoms with Crippen molar-refractivity contribution >= 4 is 21.9 Å². The van der Waals surface area contributed by atoms with Gasteiger partial charge in [-0.05, 0) is 12.8 Å². The number of furan rings is 1. The van der Waals surface area contributed by atoms with Gasteiger partial charge in [-0.1, -0.05) is 0 Å². The number of carbonyl (C=O) groups excluding carboxylic acids is 1. The maximum Gasteiger partial charge on any atom is 0.329 e. The maximum absolute atomic E-state index is 11.9. The van der Waals surface area contributed by atoms with E-state index in [0.717, 1.165) is 16.6 Å². The highest BCUT2D eigenvalue weighted by Gasteiger charge is 2.51. The van der Waals surface area contributed by atoms with Crippen LogP contribution >= 0.6 is 0 Å². The SMILES string of the molecule is CN(C)S(=O)(=O)c1cc(C(=O)NC2(C(=O)O)CC2)co1. The molecular weight excluding hydrogens is 288 g/mol. The molecule has 0 saturated heterocycles. The molecule has 0 radical (unpaired) electrons. The van der Waals surface area contributed by atoms with Crippen LogP contribution in [0.5, 0.6) is 0 Å². The number of carbonyl (C=O) groups is 2. The largest absolute Gasteiger partial charge is 0.480 e. The van der Waals surface area contributed by atoms with Crippen LogP contribution in [0.2, 0.25) is 0 Å². The van der Waals surface area contributed by atoms with Crippen LogP contribution in [0.3, 0.4) is 0 Å². The van der Waals surface area contributed by atoms with E-state index >= 15 is 0 Å². The highest BCUT2D eigenvalue weighted by Crippen LogP contribution is 2.35. The van der Waals surface area contributed by atoms with Crippen LogP contribution < -0.4 is 5.32 Å². The Balaban J connectivity index is 2.18. The third kappa shape index (κ3) is 2.41. The summed E-state index contributed by atoms with van der Waals surface area (Å²) >= 11 is 0. The second-order valence-corrected chi connectivity index (χ2v) is 6.87. The number of nitrogens with one attached hydrogen (secondary N) is 1. The van der Waals surface area contributed by atoms with Gasteiger partial charge in [0.2, 0.25) is 5.09 Å². The molecular formula is C11H14N2O6S. The minimum atomic E-state index is -3.76. The minimum absolute atomic E-state index is 0.0297. The van der Waals surface area contributed by atoms with Gasteiger partial charge in [0.05, 0.1) is 5.56 Å². The average molecular weight is 302 g/mol. The Kier molecular flexibility index (Phi) is 3.34. The van der Waals surface area contributed by atoms with Crippen molar-refractivity contribution in [2.24, 2.45) is 0 Å². The Labute approximate surface area is 115 Å². The van der Waals surface area contributed by atoms with Gasteiger partial charge in [0.25, 0.3) is 15.9 Å². The van der Waals surface area contributed by atoms with E-state index in [0.29, 0.717) is 12.8 Å². The minimum Gasteiger partial charge on any atom is -0.480 e. The van der Waals surface area contributed by atoms with E-state index in [-0.39, 0.29) is 10.7 Å². The molecule has 1 heterocycles. The number of carboxylic acids is 1. The third-order valence-electron chi connectivity index (χ3n) is 3.08. The second-order valence-electron chi connectivity index (χ2n) is 4.78. The van der Waals surface area contributed by atoms with Gasteiger partial charge in [-0.2, -0.15) is 0 Å². The fourth-order valence-corrected chi connectivity index (χ4v) is 2.36. The van der Waals surface area contributed by atoms with E-state index in [4.69, 9.17) is 9.52 Å². The molecule has 9 heteroatoms. The van der Waals surface area contributed by atoms with Gasteiger partial charge < -0.3 is 14.8 Å². The van der Waals surface area contributed by atoms with Gasteiger partial charge in [-0.3, -0.25) is 4.79 Å². The summed E-state index contributed by atoms with van der Waals surface area (Å²) in [5.41, 5.74) is -1.26. The molecule has 0 unspecified atom stereocenters. The van der Waals surface area contributed by atoms with Crippen LogP contribution in [0.1, 0.15) is 23.2 Å². The number of hydrogen-bond acceptors (Lipinski definition) is 5. The third-order valence-corrected chi connectivity index (χ3v) is 4.77. The molecule has 0 spiro atoms. The standard InChI is InChI=1S/C11H14N2O6S/c1-13(2)20(17,18)8-5-7(6-19-8)9(14)12-11(3-4-11)10(15)16/h5-6H,3-4H2,1-2H3,(H,12,14)(H,15,16). The second kappa shape index (κ2) is 4.60. The van der Waals surface area contributed by atoms with Crippen molar-refractivity contribution in [2.75, 3.05) is 14.1 Å². The molecule has 1 aliphatic carbocycles. The molecule has 2 rings (SSSR count). The predicted molar refractivity (Wildman–Crippen MR) is 66.6 cm³/mol. The van der Waals surface area contributed by atoms with Crippen molar-refractivity contribution in [3.8, 4) is 0 Å². The summed E-state index contributed by atoms with van der Waals surface area (Å²) in [7, 11) is -1.09. The van der Waals surface area contributed by atoms with Gasteiger partial charge >= 0.3 is 5.97 Å². The first-order valence-electron chi connectivity index (χ1n) is 5.76. The smallest absolute Gasteiger partial charge is 0.329 e. The molecule has 0 aliphatic heterocycles. The summed E-state index contributed by atoms with van der Waals surface area (Å²) < 4.78 is 29.4. The van der Waals surface area contributed by atoms with Crippen molar-refractivity contribution in [2.45, 2.75) is 23.5 Å². The van der Waals surface area contributed by atoms with Gasteiger partial charge in [0.1, 0.15) is 11.8 Å². The maximum atomic E-state index is 11.9. The molecule has 1 amide bonds. The zero-order valence-electron chi connectivity index (χ0n) is 10.9. The molecule has 0 atom stereocenters. The first-order valence-corrected chi connectivity index (χ1v) is 7.20. The van der Waals surface area contributed by atoms with Crippen LogP contribution in [0.25, 0.3) is 0 Å². The lowest BCUT2D eigenvalue weighted by atomic mass is 10.2. The molecule has 8 nitrogen and oxygen atoms in total. The number of sulfonamides is 1. The number of carboxylic acid groups (broad SMARTS) is 1. The van der Waals surface area contributed by atoms with E-state index in [1.165, 1.54) is 14.1 Å². The summed E-state index contributed by atoms with van der Waals surface area (Å²) in [5.74, 6) is -1.77. The van der Waals surface area contributed by atoms with E-state index in [1.807, 2.05) is 0 Å². The number of rotatable bonds is 5. The molecule has 0 bridgehead atoms. The van der Waals surface area contributed by atoms with E-state index < -0.39 is 27.4 Å². The lowest BCUT2D eigenvalue weighted by Crippen LogP contribution is -2.42. The highest BCUT2D eigenvalue weighted by molar-refractivity contribution is 7.88. The van der Waals surface area contributed by atoms with Crippen LogP contribution in [0.4, 0.5) is 0 Å². The molecule has 1 fully saturated rings. The van der Waals surface area contributed by atoms with E-state index in [1.54, 1.807) is 0 Å². The predicted octanol–water partition coefficient (Wildman–Crippen LogP) is -0.123. The molecule has 0 aromatic carbocycles. The first-order chi connectivity index (χ1) is 9.19. The van der Waals surface area contributed by atoms with Crippen LogP contribution in [0, 0.1) is 0 Å². The Bertz CT molecular complexity index is 656. The number of nitrogens with zero attached hydrogens (tertiary/aromatic N) is 1. The van der Waals surface area contributed by atoms with E-state index in [2.05, 4.69) is 5.32 Å². The van der Waals surface area contributed by atoms with Crippen molar-refractivity contribution < 1.29 is 27.5 Å². The van der Waals surface area contributed by atoms with Crippen LogP contribution in [-0.4, -0.2) is 49.3 Å². The fraction of sp³-hybridized carbons (Fsp3) is 0.455. The van der Waals surface area contributed by atoms with Crippen molar-refractivity contribution in [1.29, 1.82) is 0 Å². The number of aliphatic carboxylic acids is 1. The molecule has 1 aliphatic rings. The normalized spacial score (nSPS) is 16.9.